The summed E-state index contributed by atoms with van der Waals surface area (Å²) in [5, 5.41) is 0.742. The van der Waals surface area contributed by atoms with Gasteiger partial charge in [-0.25, -0.2) is 9.97 Å². The minimum atomic E-state index is -0.00890. The highest BCUT2D eigenvalue weighted by atomic mass is 79.9. The number of amides is 1. The van der Waals surface area contributed by atoms with E-state index in [1.807, 2.05) is 47.2 Å². The summed E-state index contributed by atoms with van der Waals surface area (Å²) >= 11 is 6.43. The van der Waals surface area contributed by atoms with E-state index in [1.165, 1.54) is 11.3 Å². The average molecular weight is 484 g/mol. The molecule has 0 bridgehead atoms. The number of aromatic nitrogens is 3. The number of para-hydroxylation sites is 1. The summed E-state index contributed by atoms with van der Waals surface area (Å²) in [6, 6.07) is 11.7. The zero-order valence-electron chi connectivity index (χ0n) is 14.1. The number of nitrogens with zero attached hydrogens (tertiary/aromatic N) is 4. The second-order valence-corrected chi connectivity index (χ2v) is 9.15. The average Bonchev–Trinajstić information content (AvgIpc) is 3.38. The SMILES string of the molecule is Cl.O=C(c1ccc(Br)s1)N(CCCn1ccnc1)c1nc2ccccc2s1. The number of thiazole rings is 1. The molecule has 140 valence electrons. The van der Waals surface area contributed by atoms with Crippen molar-refractivity contribution in [1.82, 2.24) is 14.5 Å². The highest BCUT2D eigenvalue weighted by molar-refractivity contribution is 9.11. The third-order valence-electron chi connectivity index (χ3n) is 3.90. The van der Waals surface area contributed by atoms with E-state index in [1.54, 1.807) is 28.8 Å². The summed E-state index contributed by atoms with van der Waals surface area (Å²) in [4.78, 5) is 24.3. The van der Waals surface area contributed by atoms with Crippen LogP contribution >= 0.6 is 51.0 Å². The molecule has 27 heavy (non-hydrogen) atoms. The second kappa shape index (κ2) is 8.97. The van der Waals surface area contributed by atoms with Crippen LogP contribution in [0.1, 0.15) is 16.1 Å². The topological polar surface area (TPSA) is 51.0 Å². The van der Waals surface area contributed by atoms with Crippen LogP contribution in [0.5, 0.6) is 0 Å². The molecule has 0 aliphatic carbocycles. The van der Waals surface area contributed by atoms with E-state index < -0.39 is 0 Å². The number of carbonyl (C=O) groups excluding carboxylic acids is 1. The minimum absolute atomic E-state index is 0. The Morgan fingerprint density at radius 1 is 1.19 bits per heavy atom. The smallest absolute Gasteiger partial charge is 0.270 e. The molecule has 4 aromatic rings. The van der Waals surface area contributed by atoms with Gasteiger partial charge in [0, 0.05) is 25.5 Å². The number of fused-ring (bicyclic) bond motifs is 1. The first-order valence-electron chi connectivity index (χ1n) is 8.09. The number of halogens is 2. The molecule has 4 rings (SSSR count). The number of anilines is 1. The fourth-order valence-corrected chi connectivity index (χ4v) is 4.98. The van der Waals surface area contributed by atoms with Gasteiger partial charge < -0.3 is 4.57 Å². The quantitative estimate of drug-likeness (QED) is 0.365. The van der Waals surface area contributed by atoms with Crippen LogP contribution in [0.25, 0.3) is 10.2 Å². The molecular formula is C18H16BrClN4OS2. The van der Waals surface area contributed by atoms with Crippen LogP contribution in [0.4, 0.5) is 5.13 Å². The molecule has 3 aromatic heterocycles. The van der Waals surface area contributed by atoms with E-state index in [9.17, 15) is 4.79 Å². The van der Waals surface area contributed by atoms with Crippen molar-refractivity contribution in [3.63, 3.8) is 0 Å². The Kier molecular flexibility index (Phi) is 6.64. The molecule has 0 saturated carbocycles. The van der Waals surface area contributed by atoms with Gasteiger partial charge in [0.15, 0.2) is 5.13 Å². The Labute approximate surface area is 179 Å². The number of carbonyl (C=O) groups is 1. The molecule has 0 saturated heterocycles. The van der Waals surface area contributed by atoms with E-state index in [2.05, 4.69) is 25.9 Å². The molecule has 0 fully saturated rings. The standard InChI is InChI=1S/C18H15BrN4OS2.ClH/c19-16-7-6-15(25-16)17(24)23(10-3-9-22-11-8-20-12-22)18-21-13-4-1-2-5-14(13)26-18;/h1-2,4-8,11-12H,3,9-10H2;1H. The highest BCUT2D eigenvalue weighted by Gasteiger charge is 2.22. The second-order valence-electron chi connectivity index (χ2n) is 5.68. The highest BCUT2D eigenvalue weighted by Crippen LogP contribution is 2.31. The van der Waals surface area contributed by atoms with Crippen molar-refractivity contribution < 1.29 is 4.79 Å². The molecule has 1 amide bonds. The first kappa shape index (κ1) is 20.0. The van der Waals surface area contributed by atoms with Gasteiger partial charge in [0.25, 0.3) is 5.91 Å². The van der Waals surface area contributed by atoms with Gasteiger partial charge >= 0.3 is 0 Å². The maximum Gasteiger partial charge on any atom is 0.270 e. The molecule has 3 heterocycles. The van der Waals surface area contributed by atoms with Gasteiger partial charge in [0.1, 0.15) is 0 Å². The number of aryl methyl sites for hydroxylation is 1. The summed E-state index contributed by atoms with van der Waals surface area (Å²) in [5.41, 5.74) is 0.923. The lowest BCUT2D eigenvalue weighted by Crippen LogP contribution is -2.31. The molecule has 0 atom stereocenters. The van der Waals surface area contributed by atoms with Crippen molar-refractivity contribution in [2.75, 3.05) is 11.4 Å². The Balaban J connectivity index is 0.00000210. The monoisotopic (exact) mass is 482 g/mol. The van der Waals surface area contributed by atoms with Crippen molar-refractivity contribution in [2.24, 2.45) is 0 Å². The lowest BCUT2D eigenvalue weighted by Gasteiger charge is -2.19. The van der Waals surface area contributed by atoms with Crippen molar-refractivity contribution >= 4 is 72.3 Å². The maximum atomic E-state index is 13.1. The van der Waals surface area contributed by atoms with E-state index in [4.69, 9.17) is 0 Å². The molecule has 0 unspecified atom stereocenters. The Hall–Kier alpha value is -1.74. The van der Waals surface area contributed by atoms with Crippen molar-refractivity contribution in [2.45, 2.75) is 13.0 Å². The van der Waals surface area contributed by atoms with E-state index in [0.29, 0.717) is 11.4 Å². The maximum absolute atomic E-state index is 13.1. The lowest BCUT2D eigenvalue weighted by atomic mass is 10.3. The Morgan fingerprint density at radius 2 is 2.04 bits per heavy atom. The number of thiophene rings is 1. The van der Waals surface area contributed by atoms with Gasteiger partial charge in [-0.3, -0.25) is 9.69 Å². The van der Waals surface area contributed by atoms with Gasteiger partial charge in [-0.1, -0.05) is 23.5 Å². The first-order valence-corrected chi connectivity index (χ1v) is 10.5. The molecule has 1 aromatic carbocycles. The summed E-state index contributed by atoms with van der Waals surface area (Å²) in [5.74, 6) is -0.00890. The third kappa shape index (κ3) is 4.57. The van der Waals surface area contributed by atoms with E-state index in [-0.39, 0.29) is 18.3 Å². The zero-order valence-corrected chi connectivity index (χ0v) is 18.2. The molecule has 0 aliphatic heterocycles. The molecule has 0 N–H and O–H groups in total. The first-order chi connectivity index (χ1) is 12.7. The molecule has 5 nitrogen and oxygen atoms in total. The Bertz CT molecular complexity index is 998. The van der Waals surface area contributed by atoms with Gasteiger partial charge in [0.05, 0.1) is 25.2 Å². The molecule has 0 spiro atoms. The fourth-order valence-electron chi connectivity index (χ4n) is 2.65. The normalized spacial score (nSPS) is 10.7. The van der Waals surface area contributed by atoms with Crippen molar-refractivity contribution in [3.05, 3.63) is 63.8 Å². The van der Waals surface area contributed by atoms with Crippen LogP contribution in [0.3, 0.4) is 0 Å². The summed E-state index contributed by atoms with van der Waals surface area (Å²) in [7, 11) is 0. The lowest BCUT2D eigenvalue weighted by molar-refractivity contribution is 0.0990. The summed E-state index contributed by atoms with van der Waals surface area (Å²) < 4.78 is 4.05. The van der Waals surface area contributed by atoms with Gasteiger partial charge in [-0.05, 0) is 46.6 Å². The predicted molar refractivity (Wildman–Crippen MR) is 117 cm³/mol. The van der Waals surface area contributed by atoms with Crippen LogP contribution < -0.4 is 4.90 Å². The van der Waals surface area contributed by atoms with E-state index in [0.717, 1.165) is 32.1 Å². The number of benzene rings is 1. The number of rotatable bonds is 6. The van der Waals surface area contributed by atoms with Crippen molar-refractivity contribution in [1.29, 1.82) is 0 Å². The molecule has 9 heteroatoms. The minimum Gasteiger partial charge on any atom is -0.337 e. The van der Waals surface area contributed by atoms with Crippen LogP contribution in [0.15, 0.2) is 58.9 Å². The van der Waals surface area contributed by atoms with Crippen molar-refractivity contribution in [3.8, 4) is 0 Å². The number of hydrogen-bond donors (Lipinski definition) is 0. The van der Waals surface area contributed by atoms with E-state index >= 15 is 0 Å². The Morgan fingerprint density at radius 3 is 2.74 bits per heavy atom. The molecular weight excluding hydrogens is 468 g/mol. The third-order valence-corrected chi connectivity index (χ3v) is 6.57. The largest absolute Gasteiger partial charge is 0.337 e. The van der Waals surface area contributed by atoms with Gasteiger partial charge in [-0.15, -0.1) is 23.7 Å². The van der Waals surface area contributed by atoms with Gasteiger partial charge in [0.2, 0.25) is 0 Å². The van der Waals surface area contributed by atoms with Crippen LogP contribution in [-0.2, 0) is 6.54 Å². The van der Waals surface area contributed by atoms with Crippen LogP contribution in [0, 0.1) is 0 Å². The van der Waals surface area contributed by atoms with Crippen LogP contribution in [0.2, 0.25) is 0 Å². The zero-order chi connectivity index (χ0) is 17.9. The summed E-state index contributed by atoms with van der Waals surface area (Å²) in [6.07, 6.45) is 6.31. The molecule has 0 aliphatic rings. The fraction of sp³-hybridized carbons (Fsp3) is 0.167. The summed E-state index contributed by atoms with van der Waals surface area (Å²) in [6.45, 7) is 1.41. The number of imidazole rings is 1. The van der Waals surface area contributed by atoms with Gasteiger partial charge in [-0.2, -0.15) is 0 Å². The predicted octanol–water partition coefficient (Wildman–Crippen LogP) is 5.48. The van der Waals surface area contributed by atoms with Crippen LogP contribution in [-0.4, -0.2) is 27.0 Å². The molecule has 0 radical (unpaired) electrons. The number of hydrogen-bond acceptors (Lipinski definition) is 5.